The van der Waals surface area contributed by atoms with Crippen molar-refractivity contribution in [3.8, 4) is 5.75 Å². The number of hydrogen-bond donors (Lipinski definition) is 2. The van der Waals surface area contributed by atoms with E-state index in [0.29, 0.717) is 18.0 Å². The number of benzene rings is 1. The molecule has 5 nitrogen and oxygen atoms in total. The molecule has 2 unspecified atom stereocenters. The number of nitrogens with zero attached hydrogens (tertiary/aromatic N) is 2. The fraction of sp³-hybridized carbons (Fsp3) is 0.650. The maximum atomic E-state index is 5.30. The lowest BCUT2D eigenvalue weighted by Gasteiger charge is -2.29. The molecule has 2 rings (SSSR count). The van der Waals surface area contributed by atoms with E-state index in [1.165, 1.54) is 18.4 Å². The van der Waals surface area contributed by atoms with E-state index >= 15 is 0 Å². The first-order valence-corrected chi connectivity index (χ1v) is 9.40. The van der Waals surface area contributed by atoms with Gasteiger partial charge in [0.05, 0.1) is 13.2 Å². The number of aliphatic imine (C=N–C) groups is 1. The summed E-state index contributed by atoms with van der Waals surface area (Å²) in [5.74, 6) is 2.34. The standard InChI is InChI=1S/C20H34N4O.HI/c1-15(2)16(3)23-20(21-4)22-14-19(24-12-6-7-13-24)17-8-10-18(25-5)11-9-17;/h8-11,15-16,19H,6-7,12-14H2,1-5H3,(H2,21,22,23);1H. The molecule has 1 aromatic rings. The van der Waals surface area contributed by atoms with Crippen molar-refractivity contribution in [2.75, 3.05) is 33.8 Å². The van der Waals surface area contributed by atoms with Crippen molar-refractivity contribution >= 4 is 29.9 Å². The molecule has 2 N–H and O–H groups in total. The SMILES string of the molecule is CN=C(NCC(c1ccc(OC)cc1)N1CCCC1)NC(C)C(C)C.I. The molecule has 148 valence electrons. The van der Waals surface area contributed by atoms with Gasteiger partial charge >= 0.3 is 0 Å². The minimum Gasteiger partial charge on any atom is -0.497 e. The molecule has 0 spiro atoms. The van der Waals surface area contributed by atoms with Gasteiger partial charge < -0.3 is 15.4 Å². The Labute approximate surface area is 176 Å². The van der Waals surface area contributed by atoms with Crippen LogP contribution in [-0.2, 0) is 0 Å². The Kier molecular flexibility index (Phi) is 10.3. The van der Waals surface area contributed by atoms with Gasteiger partial charge in [-0.05, 0) is 56.5 Å². The van der Waals surface area contributed by atoms with Gasteiger partial charge in [-0.15, -0.1) is 24.0 Å². The second-order valence-electron chi connectivity index (χ2n) is 7.16. The van der Waals surface area contributed by atoms with E-state index in [1.807, 2.05) is 19.2 Å². The average Bonchev–Trinajstić information content (AvgIpc) is 3.15. The lowest BCUT2D eigenvalue weighted by Crippen LogP contribution is -2.46. The van der Waals surface area contributed by atoms with E-state index in [-0.39, 0.29) is 24.0 Å². The van der Waals surface area contributed by atoms with E-state index in [2.05, 4.69) is 53.4 Å². The molecule has 1 saturated heterocycles. The summed E-state index contributed by atoms with van der Waals surface area (Å²) in [4.78, 5) is 6.95. The highest BCUT2D eigenvalue weighted by atomic mass is 127. The Morgan fingerprint density at radius 2 is 1.77 bits per heavy atom. The molecule has 1 aromatic carbocycles. The first kappa shape index (κ1) is 23.0. The maximum absolute atomic E-state index is 5.30. The highest BCUT2D eigenvalue weighted by Gasteiger charge is 2.24. The van der Waals surface area contributed by atoms with Gasteiger partial charge in [0.1, 0.15) is 5.75 Å². The number of methoxy groups -OCH3 is 1. The number of ether oxygens (including phenoxy) is 1. The van der Waals surface area contributed by atoms with Gasteiger partial charge in [0.15, 0.2) is 5.96 Å². The summed E-state index contributed by atoms with van der Waals surface area (Å²) in [5.41, 5.74) is 1.32. The van der Waals surface area contributed by atoms with Crippen molar-refractivity contribution in [2.24, 2.45) is 10.9 Å². The normalized spacial score (nSPS) is 17.5. The molecular formula is C20H35IN4O. The van der Waals surface area contributed by atoms with Gasteiger partial charge in [0.25, 0.3) is 0 Å². The first-order valence-electron chi connectivity index (χ1n) is 9.40. The van der Waals surface area contributed by atoms with E-state index in [1.54, 1.807) is 7.11 Å². The summed E-state index contributed by atoms with van der Waals surface area (Å²) >= 11 is 0. The van der Waals surface area contributed by atoms with Gasteiger partial charge in [-0.1, -0.05) is 26.0 Å². The molecule has 0 aromatic heterocycles. The predicted octanol–water partition coefficient (Wildman–Crippen LogP) is 3.66. The molecule has 1 aliphatic rings. The summed E-state index contributed by atoms with van der Waals surface area (Å²) in [6, 6.07) is 9.18. The summed E-state index contributed by atoms with van der Waals surface area (Å²) in [5, 5.41) is 7.01. The zero-order valence-electron chi connectivity index (χ0n) is 16.8. The molecule has 26 heavy (non-hydrogen) atoms. The zero-order chi connectivity index (χ0) is 18.2. The van der Waals surface area contributed by atoms with Crippen LogP contribution in [-0.4, -0.2) is 50.7 Å². The van der Waals surface area contributed by atoms with Crippen LogP contribution < -0.4 is 15.4 Å². The quantitative estimate of drug-likeness (QED) is 0.360. The van der Waals surface area contributed by atoms with E-state index in [0.717, 1.165) is 31.3 Å². The maximum Gasteiger partial charge on any atom is 0.191 e. The fourth-order valence-corrected chi connectivity index (χ4v) is 3.11. The lowest BCUT2D eigenvalue weighted by molar-refractivity contribution is 0.245. The van der Waals surface area contributed by atoms with Crippen molar-refractivity contribution in [3.63, 3.8) is 0 Å². The zero-order valence-corrected chi connectivity index (χ0v) is 19.1. The van der Waals surface area contributed by atoms with Crippen LogP contribution in [0.5, 0.6) is 5.75 Å². The van der Waals surface area contributed by atoms with Crippen LogP contribution in [0.1, 0.15) is 45.2 Å². The van der Waals surface area contributed by atoms with Gasteiger partial charge in [0.2, 0.25) is 0 Å². The van der Waals surface area contributed by atoms with Crippen molar-refractivity contribution in [2.45, 2.75) is 45.7 Å². The number of rotatable bonds is 7. The number of nitrogens with one attached hydrogen (secondary N) is 2. The second kappa shape index (κ2) is 11.6. The van der Waals surface area contributed by atoms with Gasteiger partial charge in [-0.2, -0.15) is 0 Å². The predicted molar refractivity (Wildman–Crippen MR) is 121 cm³/mol. The third-order valence-corrected chi connectivity index (χ3v) is 5.13. The second-order valence-corrected chi connectivity index (χ2v) is 7.16. The van der Waals surface area contributed by atoms with Crippen LogP contribution in [0, 0.1) is 5.92 Å². The summed E-state index contributed by atoms with van der Waals surface area (Å²) in [6.45, 7) is 9.79. The Morgan fingerprint density at radius 1 is 1.15 bits per heavy atom. The van der Waals surface area contributed by atoms with E-state index in [9.17, 15) is 0 Å². The molecule has 0 saturated carbocycles. The van der Waals surface area contributed by atoms with Crippen LogP contribution in [0.3, 0.4) is 0 Å². The highest BCUT2D eigenvalue weighted by molar-refractivity contribution is 14.0. The fourth-order valence-electron chi connectivity index (χ4n) is 3.11. The van der Waals surface area contributed by atoms with Crippen LogP contribution in [0.15, 0.2) is 29.3 Å². The molecular weight excluding hydrogens is 439 g/mol. The van der Waals surface area contributed by atoms with Crippen LogP contribution >= 0.6 is 24.0 Å². The number of hydrogen-bond acceptors (Lipinski definition) is 3. The monoisotopic (exact) mass is 474 g/mol. The lowest BCUT2D eigenvalue weighted by atomic mass is 10.1. The van der Waals surface area contributed by atoms with Crippen molar-refractivity contribution in [3.05, 3.63) is 29.8 Å². The topological polar surface area (TPSA) is 48.9 Å². The summed E-state index contributed by atoms with van der Waals surface area (Å²) in [6.07, 6.45) is 2.56. The minimum absolute atomic E-state index is 0. The third-order valence-electron chi connectivity index (χ3n) is 5.13. The largest absolute Gasteiger partial charge is 0.497 e. The smallest absolute Gasteiger partial charge is 0.191 e. The van der Waals surface area contributed by atoms with Gasteiger partial charge in [-0.25, -0.2) is 0 Å². The molecule has 0 aliphatic carbocycles. The highest BCUT2D eigenvalue weighted by Crippen LogP contribution is 2.26. The third kappa shape index (κ3) is 6.61. The molecule has 1 heterocycles. The van der Waals surface area contributed by atoms with Crippen molar-refractivity contribution < 1.29 is 4.74 Å². The van der Waals surface area contributed by atoms with Crippen LogP contribution in [0.25, 0.3) is 0 Å². The van der Waals surface area contributed by atoms with Crippen molar-refractivity contribution in [1.82, 2.24) is 15.5 Å². The number of guanidine groups is 1. The van der Waals surface area contributed by atoms with E-state index < -0.39 is 0 Å². The van der Waals surface area contributed by atoms with Gasteiger partial charge in [0, 0.05) is 19.6 Å². The molecule has 1 aliphatic heterocycles. The molecule has 2 atom stereocenters. The molecule has 0 amide bonds. The van der Waals surface area contributed by atoms with Gasteiger partial charge in [-0.3, -0.25) is 9.89 Å². The molecule has 1 fully saturated rings. The first-order chi connectivity index (χ1) is 12.0. The van der Waals surface area contributed by atoms with Crippen LogP contribution in [0.4, 0.5) is 0 Å². The Balaban J connectivity index is 0.00000338. The van der Waals surface area contributed by atoms with E-state index in [4.69, 9.17) is 4.74 Å². The Hall–Kier alpha value is -1.02. The van der Waals surface area contributed by atoms with Crippen molar-refractivity contribution in [1.29, 1.82) is 0 Å². The minimum atomic E-state index is 0. The Morgan fingerprint density at radius 3 is 2.27 bits per heavy atom. The summed E-state index contributed by atoms with van der Waals surface area (Å²) in [7, 11) is 3.54. The Bertz CT molecular complexity index is 541. The molecule has 0 bridgehead atoms. The van der Waals surface area contributed by atoms with Crippen LogP contribution in [0.2, 0.25) is 0 Å². The number of halogens is 1. The molecule has 0 radical (unpaired) electrons. The number of likely N-dealkylation sites (tertiary alicyclic amines) is 1. The summed E-state index contributed by atoms with van der Waals surface area (Å²) < 4.78 is 5.30. The average molecular weight is 474 g/mol. The molecule has 6 heteroatoms.